The summed E-state index contributed by atoms with van der Waals surface area (Å²) in [6.45, 7) is 3.61. The maximum absolute atomic E-state index is 11.5. The third-order valence-corrected chi connectivity index (χ3v) is 3.44. The van der Waals surface area contributed by atoms with Gasteiger partial charge in [-0.05, 0) is 42.3 Å². The highest BCUT2D eigenvalue weighted by Crippen LogP contribution is 2.14. The van der Waals surface area contributed by atoms with Gasteiger partial charge in [0.2, 0.25) is 0 Å². The average molecular weight is 357 g/mol. The number of pyridine rings is 1. The molecule has 128 valence electrons. The van der Waals surface area contributed by atoms with E-state index in [1.54, 1.807) is 24.3 Å². The van der Waals surface area contributed by atoms with Crippen LogP contribution in [0.4, 0.5) is 0 Å². The molecule has 0 amide bonds. The second-order valence-corrected chi connectivity index (χ2v) is 5.37. The number of halogens is 1. The summed E-state index contributed by atoms with van der Waals surface area (Å²) in [5.41, 5.74) is 2.04. The predicted octanol–water partition coefficient (Wildman–Crippen LogP) is 3.06. The van der Waals surface area contributed by atoms with Crippen molar-refractivity contribution in [2.24, 2.45) is 0 Å². The number of hydrogen-bond acceptors (Lipinski definition) is 5. The number of nitrogens with zero attached hydrogens (tertiary/aromatic N) is 1. The second-order valence-electron chi connectivity index (χ2n) is 4.93. The minimum absolute atomic E-state index is 0.0776. The largest absolute Gasteiger partial charge is 0.464 e. The first-order valence-corrected chi connectivity index (χ1v) is 7.72. The third kappa shape index (κ3) is 5.35. The normalized spacial score (nSPS) is 11.0. The Morgan fingerprint density at radius 3 is 2.56 bits per heavy atom. The van der Waals surface area contributed by atoms with Crippen molar-refractivity contribution in [2.75, 3.05) is 14.2 Å². The van der Waals surface area contributed by atoms with E-state index in [9.17, 15) is 4.79 Å². The lowest BCUT2D eigenvalue weighted by Crippen LogP contribution is -2.27. The first kappa shape index (κ1) is 18.5. The molecule has 0 radical (unpaired) electrons. The first-order valence-electron chi connectivity index (χ1n) is 7.34. The van der Waals surface area contributed by atoms with Crippen LogP contribution in [0.15, 0.2) is 54.7 Å². The Hall–Kier alpha value is -2.81. The number of hydrogen-bond donors (Lipinski definition) is 1. The summed E-state index contributed by atoms with van der Waals surface area (Å²) in [5, 5.41) is 3.48. The Morgan fingerprint density at radius 2 is 1.92 bits per heavy atom. The molecule has 0 fully saturated rings. The van der Waals surface area contributed by atoms with E-state index in [-0.39, 0.29) is 5.70 Å². The zero-order valence-corrected chi connectivity index (χ0v) is 14.6. The van der Waals surface area contributed by atoms with E-state index in [0.29, 0.717) is 16.4 Å². The summed E-state index contributed by atoms with van der Waals surface area (Å²) in [7, 11) is 2.78. The summed E-state index contributed by atoms with van der Waals surface area (Å²) in [5.74, 6) is 5.43. The molecule has 1 atom stereocenters. The van der Waals surface area contributed by atoms with E-state index >= 15 is 0 Å². The van der Waals surface area contributed by atoms with Crippen molar-refractivity contribution in [3.05, 3.63) is 76.7 Å². The maximum Gasteiger partial charge on any atom is 0.353 e. The highest BCUT2D eigenvalue weighted by molar-refractivity contribution is 6.30. The summed E-state index contributed by atoms with van der Waals surface area (Å²) in [4.78, 5) is 15.9. The predicted molar refractivity (Wildman–Crippen MR) is 95.7 cm³/mol. The van der Waals surface area contributed by atoms with Crippen LogP contribution in [0, 0.1) is 11.8 Å². The Balaban J connectivity index is 2.18. The topological polar surface area (TPSA) is 60.5 Å². The van der Waals surface area contributed by atoms with Crippen LogP contribution in [-0.2, 0) is 14.3 Å². The summed E-state index contributed by atoms with van der Waals surface area (Å²) in [6.07, 6.45) is -0.649. The number of esters is 1. The number of ether oxygens (including phenoxy) is 2. The van der Waals surface area contributed by atoms with Crippen LogP contribution in [0.3, 0.4) is 0 Å². The van der Waals surface area contributed by atoms with Crippen LogP contribution in [0.5, 0.6) is 0 Å². The van der Waals surface area contributed by atoms with Crippen LogP contribution >= 0.6 is 11.6 Å². The van der Waals surface area contributed by atoms with Gasteiger partial charge in [0.1, 0.15) is 11.4 Å². The second kappa shape index (κ2) is 8.88. The molecule has 0 saturated heterocycles. The zero-order valence-electron chi connectivity index (χ0n) is 13.9. The van der Waals surface area contributed by atoms with E-state index in [1.165, 1.54) is 14.2 Å². The smallest absolute Gasteiger partial charge is 0.353 e. The van der Waals surface area contributed by atoms with Crippen LogP contribution in [0.2, 0.25) is 5.02 Å². The van der Waals surface area contributed by atoms with Gasteiger partial charge >= 0.3 is 5.97 Å². The van der Waals surface area contributed by atoms with Gasteiger partial charge in [-0.25, -0.2) is 9.78 Å². The molecule has 6 heteroatoms. The lowest BCUT2D eigenvalue weighted by atomic mass is 10.2. The van der Waals surface area contributed by atoms with Gasteiger partial charge < -0.3 is 14.8 Å². The van der Waals surface area contributed by atoms with Gasteiger partial charge in [-0.2, -0.15) is 0 Å². The number of methoxy groups -OCH3 is 2. The molecule has 0 aliphatic rings. The number of rotatable bonds is 5. The van der Waals surface area contributed by atoms with Gasteiger partial charge in [-0.15, -0.1) is 0 Å². The van der Waals surface area contributed by atoms with Crippen molar-refractivity contribution in [1.29, 1.82) is 0 Å². The van der Waals surface area contributed by atoms with E-state index in [4.69, 9.17) is 16.3 Å². The molecule has 5 nitrogen and oxygen atoms in total. The molecule has 1 aromatic carbocycles. The lowest BCUT2D eigenvalue weighted by Gasteiger charge is -2.18. The molecular formula is C19H17ClN2O3. The Kier molecular flexibility index (Phi) is 6.58. The Labute approximate surface area is 151 Å². The lowest BCUT2D eigenvalue weighted by molar-refractivity contribution is -0.137. The quantitative estimate of drug-likeness (QED) is 0.386. The average Bonchev–Trinajstić information content (AvgIpc) is 2.65. The minimum atomic E-state index is -0.649. The van der Waals surface area contributed by atoms with Crippen LogP contribution < -0.4 is 5.32 Å². The van der Waals surface area contributed by atoms with Gasteiger partial charge in [0, 0.05) is 17.7 Å². The van der Waals surface area contributed by atoms with E-state index in [0.717, 1.165) is 5.56 Å². The molecule has 0 aliphatic carbocycles. The molecule has 0 saturated carbocycles. The van der Waals surface area contributed by atoms with Crippen molar-refractivity contribution < 1.29 is 14.3 Å². The van der Waals surface area contributed by atoms with Crippen molar-refractivity contribution in [3.63, 3.8) is 0 Å². The van der Waals surface area contributed by atoms with E-state index in [2.05, 4.69) is 33.5 Å². The molecule has 2 rings (SSSR count). The van der Waals surface area contributed by atoms with Gasteiger partial charge in [0.15, 0.2) is 6.23 Å². The first-order chi connectivity index (χ1) is 12.0. The number of carbonyl (C=O) groups is 1. The molecule has 0 bridgehead atoms. The molecule has 1 heterocycles. The zero-order chi connectivity index (χ0) is 18.2. The fraction of sp³-hybridized carbons (Fsp3) is 0.158. The van der Waals surface area contributed by atoms with Crippen molar-refractivity contribution >= 4 is 17.6 Å². The molecule has 1 N–H and O–H groups in total. The summed E-state index contributed by atoms with van der Waals surface area (Å²) < 4.78 is 9.93. The highest BCUT2D eigenvalue weighted by atomic mass is 35.5. The molecule has 1 unspecified atom stereocenters. The van der Waals surface area contributed by atoms with Gasteiger partial charge in [0.25, 0.3) is 0 Å². The Bertz CT molecular complexity index is 823. The molecule has 2 aromatic rings. The van der Waals surface area contributed by atoms with Gasteiger partial charge in [-0.1, -0.05) is 30.2 Å². The van der Waals surface area contributed by atoms with E-state index < -0.39 is 12.2 Å². The number of carbonyl (C=O) groups excluding carboxylic acids is 1. The SMILES string of the molecule is C=C(NC(OC)c1cccc(C#Cc2ccc(Cl)cc2)n1)C(=O)OC. The molecule has 0 spiro atoms. The molecule has 25 heavy (non-hydrogen) atoms. The molecule has 1 aromatic heterocycles. The van der Waals surface area contributed by atoms with Gasteiger partial charge in [-0.3, -0.25) is 0 Å². The minimum Gasteiger partial charge on any atom is -0.464 e. The monoisotopic (exact) mass is 356 g/mol. The maximum atomic E-state index is 11.5. The van der Waals surface area contributed by atoms with Crippen LogP contribution in [-0.4, -0.2) is 25.2 Å². The standard InChI is InChI=1S/C19H17ClN2O3/c1-13(19(23)25-3)21-18(24-2)17-6-4-5-16(22-17)12-9-14-7-10-15(20)11-8-14/h4-8,10-11,18,21H,1H2,2-3H3. The van der Waals surface area contributed by atoms with Crippen molar-refractivity contribution in [2.45, 2.75) is 6.23 Å². The summed E-state index contributed by atoms with van der Waals surface area (Å²) in [6, 6.07) is 12.6. The number of aromatic nitrogens is 1. The fourth-order valence-corrected chi connectivity index (χ4v) is 2.06. The van der Waals surface area contributed by atoms with Crippen molar-refractivity contribution in [3.8, 4) is 11.8 Å². The van der Waals surface area contributed by atoms with Crippen LogP contribution in [0.1, 0.15) is 23.2 Å². The Morgan fingerprint density at radius 1 is 1.20 bits per heavy atom. The van der Waals surface area contributed by atoms with Gasteiger partial charge in [0.05, 0.1) is 12.8 Å². The van der Waals surface area contributed by atoms with Crippen molar-refractivity contribution in [1.82, 2.24) is 10.3 Å². The fourth-order valence-electron chi connectivity index (χ4n) is 1.93. The van der Waals surface area contributed by atoms with E-state index in [1.807, 2.05) is 18.2 Å². The highest BCUT2D eigenvalue weighted by Gasteiger charge is 2.16. The number of nitrogens with one attached hydrogen (secondary N) is 1. The number of benzene rings is 1. The van der Waals surface area contributed by atoms with Crippen LogP contribution in [0.25, 0.3) is 0 Å². The summed E-state index contributed by atoms with van der Waals surface area (Å²) >= 11 is 5.85. The molecular weight excluding hydrogens is 340 g/mol. The molecule has 0 aliphatic heterocycles. The third-order valence-electron chi connectivity index (χ3n) is 3.19.